The summed E-state index contributed by atoms with van der Waals surface area (Å²) in [6.45, 7) is 0. The Bertz CT molecular complexity index is 450. The molecule has 0 saturated heterocycles. The Labute approximate surface area is 118 Å². The second kappa shape index (κ2) is 8.98. The van der Waals surface area contributed by atoms with E-state index in [-0.39, 0.29) is 11.1 Å². The van der Waals surface area contributed by atoms with E-state index in [1.54, 1.807) is 24.3 Å². The minimum Gasteiger partial charge on any atom is -0.375 e. The van der Waals surface area contributed by atoms with Crippen LogP contribution in [0.15, 0.2) is 34.5 Å². The fraction of sp³-hybridized carbons (Fsp3) is 0. The Balaban J connectivity index is 0.000000796. The van der Waals surface area contributed by atoms with E-state index in [0.717, 1.165) is 0 Å². The van der Waals surface area contributed by atoms with Gasteiger partial charge in [-0.3, -0.25) is 10.8 Å². The molecule has 0 aromatic rings. The van der Waals surface area contributed by atoms with Gasteiger partial charge in [0.1, 0.15) is 0 Å². The van der Waals surface area contributed by atoms with E-state index in [2.05, 4.69) is 33.3 Å². The molecule has 0 fully saturated rings. The second-order valence-electron chi connectivity index (χ2n) is 2.98. The molecular weight excluding hydrogens is 288 g/mol. The summed E-state index contributed by atoms with van der Waals surface area (Å²) >= 11 is 4.60. The van der Waals surface area contributed by atoms with Crippen LogP contribution >= 0.6 is 12.2 Å². The molecule has 1 aliphatic carbocycles. The van der Waals surface area contributed by atoms with E-state index in [1.807, 2.05) is 0 Å². The number of hydrogen-bond acceptors (Lipinski definition) is 6. The van der Waals surface area contributed by atoms with Crippen LogP contribution in [-0.4, -0.2) is 32.8 Å². The Morgan fingerprint density at radius 1 is 1.25 bits per heavy atom. The van der Waals surface area contributed by atoms with Gasteiger partial charge in [0.25, 0.3) is 5.09 Å². The van der Waals surface area contributed by atoms with E-state index in [9.17, 15) is 0 Å². The van der Waals surface area contributed by atoms with Crippen molar-refractivity contribution < 1.29 is 10.3 Å². The fourth-order valence-electron chi connectivity index (χ4n) is 0.846. The maximum absolute atomic E-state index is 8.36. The van der Waals surface area contributed by atoms with Crippen molar-refractivity contribution in [3.8, 4) is 0 Å². The van der Waals surface area contributed by atoms with Gasteiger partial charge in [0.15, 0.2) is 5.11 Å². The van der Waals surface area contributed by atoms with Crippen LogP contribution in [0.3, 0.4) is 0 Å². The van der Waals surface area contributed by atoms with Crippen molar-refractivity contribution in [1.82, 2.24) is 10.9 Å². The average molecular weight is 300 g/mol. The number of nitrogens with zero attached hydrogens (tertiary/aromatic N) is 3. The Morgan fingerprint density at radius 2 is 1.60 bits per heavy atom. The molecule has 0 radical (unpaired) electrons. The number of allylic oxidation sites excluding steroid dienone is 4. The molecule has 0 amide bonds. The summed E-state index contributed by atoms with van der Waals surface area (Å²) in [4.78, 5) is 8.36. The lowest BCUT2D eigenvalue weighted by atomic mass is 10.1. The summed E-state index contributed by atoms with van der Waals surface area (Å²) in [7, 11) is 0. The monoisotopic (exact) mass is 300 g/mol. The second-order valence-corrected chi connectivity index (χ2v) is 3.42. The number of guanidine groups is 1. The average Bonchev–Trinajstić information content (AvgIpc) is 2.34. The molecule has 12 heteroatoms. The minimum absolute atomic E-state index is 0.104. The highest BCUT2D eigenvalue weighted by Crippen LogP contribution is 1.96. The quantitative estimate of drug-likeness (QED) is 0.0914. The van der Waals surface area contributed by atoms with Gasteiger partial charge in [0.05, 0.1) is 11.4 Å². The van der Waals surface area contributed by atoms with Crippen molar-refractivity contribution in [2.24, 2.45) is 21.7 Å². The molecule has 0 aliphatic heterocycles. The van der Waals surface area contributed by atoms with Gasteiger partial charge in [-0.05, 0) is 36.5 Å². The van der Waals surface area contributed by atoms with Crippen molar-refractivity contribution in [2.75, 3.05) is 0 Å². The highest BCUT2D eigenvalue weighted by atomic mass is 32.1. The molecule has 0 aromatic carbocycles. The van der Waals surface area contributed by atoms with E-state index >= 15 is 0 Å². The van der Waals surface area contributed by atoms with Gasteiger partial charge in [-0.1, -0.05) is 0 Å². The maximum Gasteiger partial charge on any atom is 0.291 e. The number of hydrazone groups is 2. The number of thiocarbonyl (C=S) groups is 1. The molecule has 0 aromatic heterocycles. The van der Waals surface area contributed by atoms with E-state index in [4.69, 9.17) is 32.2 Å². The number of rotatable bonds is 2. The molecule has 1 aliphatic rings. The van der Waals surface area contributed by atoms with Gasteiger partial charge in [-0.15, -0.1) is 10.1 Å². The van der Waals surface area contributed by atoms with Crippen LogP contribution in [0.5, 0.6) is 0 Å². The van der Waals surface area contributed by atoms with Crippen molar-refractivity contribution in [2.45, 2.75) is 0 Å². The number of hydrogen-bond donors (Lipinski definition) is 6. The predicted molar refractivity (Wildman–Crippen MR) is 76.9 cm³/mol. The van der Waals surface area contributed by atoms with Crippen LogP contribution in [0, 0.1) is 15.5 Å². The van der Waals surface area contributed by atoms with Crippen LogP contribution in [0.2, 0.25) is 0 Å². The van der Waals surface area contributed by atoms with Gasteiger partial charge >= 0.3 is 0 Å². The first-order chi connectivity index (χ1) is 9.31. The zero-order valence-electron chi connectivity index (χ0n) is 9.98. The van der Waals surface area contributed by atoms with Crippen LogP contribution in [0.1, 0.15) is 0 Å². The van der Waals surface area contributed by atoms with Crippen LogP contribution in [-0.2, 0) is 0 Å². The first kappa shape index (κ1) is 17.0. The van der Waals surface area contributed by atoms with Gasteiger partial charge < -0.3 is 16.7 Å². The third-order valence-corrected chi connectivity index (χ3v) is 1.54. The van der Waals surface area contributed by atoms with Crippen molar-refractivity contribution in [3.05, 3.63) is 34.4 Å². The summed E-state index contributed by atoms with van der Waals surface area (Å²) in [5.41, 5.74) is 16.4. The third kappa shape index (κ3) is 10.2. The molecule has 108 valence electrons. The number of nitrogens with two attached hydrogens (primary N) is 2. The van der Waals surface area contributed by atoms with Gasteiger partial charge in [0, 0.05) is 0 Å². The summed E-state index contributed by atoms with van der Waals surface area (Å²) in [6.07, 6.45) is 6.84. The molecule has 0 bridgehead atoms. The Morgan fingerprint density at radius 3 is 1.90 bits per heavy atom. The fourth-order valence-corrected chi connectivity index (χ4v) is 0.892. The third-order valence-electron chi connectivity index (χ3n) is 1.45. The Hall–Kier alpha value is -3.02. The molecule has 20 heavy (non-hydrogen) atoms. The predicted octanol–water partition coefficient (Wildman–Crippen LogP) is -1.21. The minimum atomic E-state index is -1.50. The SMILES string of the molecule is N=C(N)NN=C1C=CC(=NNC(N)=S)C=C1.O=[N+]([O-])O. The largest absolute Gasteiger partial charge is 0.375 e. The molecule has 0 heterocycles. The van der Waals surface area contributed by atoms with Crippen molar-refractivity contribution in [1.29, 1.82) is 5.41 Å². The summed E-state index contributed by atoms with van der Waals surface area (Å²) < 4.78 is 0. The smallest absolute Gasteiger partial charge is 0.291 e. The first-order valence-corrected chi connectivity index (χ1v) is 5.22. The van der Waals surface area contributed by atoms with E-state index in [1.165, 1.54) is 0 Å². The zero-order chi connectivity index (χ0) is 15.5. The molecule has 0 spiro atoms. The summed E-state index contributed by atoms with van der Waals surface area (Å²) in [6, 6.07) is 0. The Kier molecular flexibility index (Phi) is 7.63. The summed E-state index contributed by atoms with van der Waals surface area (Å²) in [5, 5.41) is 28.4. The highest BCUT2D eigenvalue weighted by molar-refractivity contribution is 7.80. The zero-order valence-corrected chi connectivity index (χ0v) is 10.8. The van der Waals surface area contributed by atoms with Gasteiger partial charge in [-0.25, -0.2) is 5.43 Å². The van der Waals surface area contributed by atoms with Gasteiger partial charge in [-0.2, -0.15) is 10.2 Å². The first-order valence-electron chi connectivity index (χ1n) is 4.81. The van der Waals surface area contributed by atoms with Gasteiger partial charge in [0.2, 0.25) is 5.96 Å². The maximum atomic E-state index is 8.36. The van der Waals surface area contributed by atoms with Crippen LogP contribution in [0.4, 0.5) is 0 Å². The lowest BCUT2D eigenvalue weighted by Crippen LogP contribution is -2.27. The normalized spacial score (nSPS) is 11.8. The molecule has 0 unspecified atom stereocenters. The topological polar surface area (TPSA) is 188 Å². The summed E-state index contributed by atoms with van der Waals surface area (Å²) in [5.74, 6) is -0.219. The highest BCUT2D eigenvalue weighted by Gasteiger charge is 1.99. The van der Waals surface area contributed by atoms with E-state index in [0.29, 0.717) is 11.4 Å². The van der Waals surface area contributed by atoms with Crippen molar-refractivity contribution in [3.63, 3.8) is 0 Å². The number of nitrogens with one attached hydrogen (secondary N) is 3. The molecule has 1 rings (SSSR count). The molecule has 0 saturated carbocycles. The van der Waals surface area contributed by atoms with Crippen LogP contribution < -0.4 is 22.3 Å². The lowest BCUT2D eigenvalue weighted by Gasteiger charge is -2.03. The van der Waals surface area contributed by atoms with Crippen LogP contribution in [0.25, 0.3) is 0 Å². The molecule has 0 atom stereocenters. The standard InChI is InChI=1S/C8H11N7S.HNO3/c9-7(10)14-12-5-1-3-6(4-2-5)13-15-8(11)16;2-1(3)4/h1-4H,(H4,9,10,14)(H3,11,15,16);(H,2,3,4). The molecule has 8 N–H and O–H groups in total. The lowest BCUT2D eigenvalue weighted by molar-refractivity contribution is -0.742. The molecule has 11 nitrogen and oxygen atoms in total. The van der Waals surface area contributed by atoms with E-state index < -0.39 is 5.09 Å². The van der Waals surface area contributed by atoms with Crippen molar-refractivity contribution >= 4 is 34.7 Å². The molecular formula is C8H12N8O3S.